The number of phenols is 1. The van der Waals surface area contributed by atoms with Crippen molar-refractivity contribution in [1.82, 2.24) is 15.2 Å². The molecule has 3 aromatic heterocycles. The quantitative estimate of drug-likeness (QED) is 0.335. The Morgan fingerprint density at radius 2 is 2.16 bits per heavy atom. The molecule has 0 bridgehead atoms. The highest BCUT2D eigenvalue weighted by atomic mass is 35.5. The number of hydrogen-bond acceptors (Lipinski definition) is 7. The molecule has 0 atom stereocenters. The van der Waals surface area contributed by atoms with E-state index >= 15 is 0 Å². The molecule has 0 aliphatic carbocycles. The molecule has 2 aromatic carbocycles. The van der Waals surface area contributed by atoms with Crippen LogP contribution in [0.3, 0.4) is 0 Å². The molecule has 3 heterocycles. The average molecular weight is 471 g/mol. The number of hydrogen-bond donors (Lipinski definition) is 3. The highest BCUT2D eigenvalue weighted by molar-refractivity contribution is 7.14. The number of rotatable bonds is 5. The van der Waals surface area contributed by atoms with Crippen molar-refractivity contribution in [2.45, 2.75) is 6.54 Å². The summed E-state index contributed by atoms with van der Waals surface area (Å²) in [5.41, 5.74) is 1.29. The van der Waals surface area contributed by atoms with Gasteiger partial charge in [0.25, 0.3) is 0 Å². The van der Waals surface area contributed by atoms with E-state index in [1.807, 2.05) is 18.2 Å². The summed E-state index contributed by atoms with van der Waals surface area (Å²) in [5, 5.41) is 19.1. The molecule has 0 amide bonds. The summed E-state index contributed by atoms with van der Waals surface area (Å²) in [6.07, 6.45) is 1.62. The van der Waals surface area contributed by atoms with E-state index in [9.17, 15) is 14.3 Å². The fraction of sp³-hybridized carbons (Fsp3) is 0.0476. The molecule has 0 saturated heterocycles. The smallest absolute Gasteiger partial charge is 0.437 e. The Labute approximate surface area is 188 Å². The molecule has 32 heavy (non-hydrogen) atoms. The lowest BCUT2D eigenvalue weighted by atomic mass is 10.1. The summed E-state index contributed by atoms with van der Waals surface area (Å²) in [7, 11) is 0. The van der Waals surface area contributed by atoms with Gasteiger partial charge in [0.2, 0.25) is 5.69 Å². The third-order valence-electron chi connectivity index (χ3n) is 4.82. The molecule has 160 valence electrons. The fourth-order valence-corrected chi connectivity index (χ4v) is 4.06. The van der Waals surface area contributed by atoms with Crippen LogP contribution in [0.2, 0.25) is 5.02 Å². The predicted molar refractivity (Wildman–Crippen MR) is 118 cm³/mol. The van der Waals surface area contributed by atoms with Crippen molar-refractivity contribution in [2.24, 2.45) is 0 Å². The molecule has 11 heteroatoms. The Balaban J connectivity index is 1.41. The van der Waals surface area contributed by atoms with Crippen LogP contribution < -0.4 is 15.6 Å². The molecule has 0 saturated carbocycles. The van der Waals surface area contributed by atoms with Crippen molar-refractivity contribution in [3.05, 3.63) is 80.9 Å². The number of fused-ring (bicyclic) bond motifs is 1. The van der Waals surface area contributed by atoms with E-state index < -0.39 is 11.4 Å². The van der Waals surface area contributed by atoms with Gasteiger partial charge in [-0.25, -0.2) is 14.2 Å². The molecule has 5 rings (SSSR count). The largest absolute Gasteiger partial charge is 0.505 e. The summed E-state index contributed by atoms with van der Waals surface area (Å²) in [5.74, 6) is -0.531. The third-order valence-corrected chi connectivity index (χ3v) is 5.92. The van der Waals surface area contributed by atoms with Crippen LogP contribution in [0.25, 0.3) is 28.0 Å². The fourth-order valence-electron chi connectivity index (χ4n) is 3.25. The number of aromatic amines is 1. The Bertz CT molecular complexity index is 1510. The summed E-state index contributed by atoms with van der Waals surface area (Å²) in [6.45, 7) is 0.301. The first-order chi connectivity index (χ1) is 15.5. The number of pyridine rings is 1. The van der Waals surface area contributed by atoms with Crippen LogP contribution in [0.4, 0.5) is 9.52 Å². The van der Waals surface area contributed by atoms with Crippen molar-refractivity contribution in [3.63, 3.8) is 0 Å². The van der Waals surface area contributed by atoms with Crippen LogP contribution in [0, 0.1) is 5.82 Å². The minimum atomic E-state index is -0.657. The summed E-state index contributed by atoms with van der Waals surface area (Å²) in [6, 6.07) is 11.5. The number of anilines is 1. The molecule has 0 fully saturated rings. The van der Waals surface area contributed by atoms with E-state index in [-0.39, 0.29) is 16.5 Å². The molecule has 3 N–H and O–H groups in total. The van der Waals surface area contributed by atoms with Gasteiger partial charge >= 0.3 is 11.3 Å². The van der Waals surface area contributed by atoms with E-state index in [0.717, 1.165) is 5.39 Å². The van der Waals surface area contributed by atoms with Crippen LogP contribution in [0.1, 0.15) is 5.56 Å². The zero-order valence-electron chi connectivity index (χ0n) is 16.2. The van der Waals surface area contributed by atoms with Gasteiger partial charge in [-0.2, -0.15) is 0 Å². The van der Waals surface area contributed by atoms with Gasteiger partial charge in [-0.3, -0.25) is 9.51 Å². The lowest BCUT2D eigenvalue weighted by Gasteiger charge is -2.07. The number of H-pyrrole nitrogens is 1. The number of nitrogens with zero attached hydrogens (tertiary/aromatic N) is 3. The molecular formula is C21H14ClFN5O3S+. The van der Waals surface area contributed by atoms with Crippen molar-refractivity contribution < 1.29 is 18.7 Å². The second-order valence-corrected chi connectivity index (χ2v) is 8.07. The van der Waals surface area contributed by atoms with Crippen molar-refractivity contribution >= 4 is 39.0 Å². The van der Waals surface area contributed by atoms with Gasteiger partial charge in [0, 0.05) is 35.1 Å². The lowest BCUT2D eigenvalue weighted by molar-refractivity contribution is -0.660. The van der Waals surface area contributed by atoms with Crippen LogP contribution in [-0.4, -0.2) is 20.3 Å². The summed E-state index contributed by atoms with van der Waals surface area (Å²) >= 11 is 7.01. The number of nitrogens with one attached hydrogen (secondary N) is 2. The van der Waals surface area contributed by atoms with Gasteiger partial charge in [-0.1, -0.05) is 29.8 Å². The van der Waals surface area contributed by atoms with Crippen molar-refractivity contribution in [2.75, 3.05) is 5.32 Å². The molecule has 5 aromatic rings. The highest BCUT2D eigenvalue weighted by Crippen LogP contribution is 2.28. The Kier molecular flexibility index (Phi) is 5.08. The highest BCUT2D eigenvalue weighted by Gasteiger charge is 2.28. The molecule has 0 radical (unpaired) electrons. The number of phenolic OH excluding ortho intramolecular Hbond substituents is 1. The van der Waals surface area contributed by atoms with E-state index in [1.165, 1.54) is 28.2 Å². The Morgan fingerprint density at radius 3 is 3.00 bits per heavy atom. The van der Waals surface area contributed by atoms with Crippen LogP contribution >= 0.6 is 22.9 Å². The van der Waals surface area contributed by atoms with Crippen LogP contribution in [0.5, 0.6) is 5.75 Å². The lowest BCUT2D eigenvalue weighted by Crippen LogP contribution is -2.36. The van der Waals surface area contributed by atoms with E-state index in [4.69, 9.17) is 16.1 Å². The molecule has 0 unspecified atom stereocenters. The first-order valence-electron chi connectivity index (χ1n) is 9.35. The van der Waals surface area contributed by atoms with Crippen molar-refractivity contribution in [3.8, 4) is 22.8 Å². The second kappa shape index (κ2) is 8.06. The van der Waals surface area contributed by atoms with Crippen LogP contribution in [-0.2, 0) is 6.54 Å². The zero-order chi connectivity index (χ0) is 22.2. The maximum atomic E-state index is 13.9. The maximum Gasteiger partial charge on any atom is 0.437 e. The molecule has 0 aliphatic rings. The van der Waals surface area contributed by atoms with Gasteiger partial charge in [0.05, 0.1) is 11.1 Å². The molecular weight excluding hydrogens is 457 g/mol. The molecule has 8 nitrogen and oxygen atoms in total. The Morgan fingerprint density at radius 1 is 1.28 bits per heavy atom. The normalized spacial score (nSPS) is 11.2. The minimum Gasteiger partial charge on any atom is -0.505 e. The second-order valence-electron chi connectivity index (χ2n) is 6.80. The predicted octanol–water partition coefficient (Wildman–Crippen LogP) is 4.03. The minimum absolute atomic E-state index is 0.0333. The van der Waals surface area contributed by atoms with E-state index in [1.54, 1.807) is 23.7 Å². The topological polar surface area (TPSA) is 108 Å². The van der Waals surface area contributed by atoms with Gasteiger partial charge < -0.3 is 10.4 Å². The SMILES string of the molecule is O=c1o[nH][n+](-c2ccc(Cl)c(F)c2)c1-c1csc(NCc2ccc3cccnc3c2O)n1. The number of thiazole rings is 1. The van der Waals surface area contributed by atoms with Gasteiger partial charge in [0.15, 0.2) is 10.8 Å². The maximum absolute atomic E-state index is 13.9. The number of benzene rings is 2. The van der Waals surface area contributed by atoms with Crippen LogP contribution in [0.15, 0.2) is 63.4 Å². The first kappa shape index (κ1) is 20.2. The number of halogens is 2. The summed E-state index contributed by atoms with van der Waals surface area (Å²) < 4.78 is 20.1. The van der Waals surface area contributed by atoms with E-state index in [2.05, 4.69) is 20.6 Å². The van der Waals surface area contributed by atoms with Gasteiger partial charge in [0.1, 0.15) is 17.1 Å². The average Bonchev–Trinajstić information content (AvgIpc) is 3.41. The van der Waals surface area contributed by atoms with E-state index in [0.29, 0.717) is 34.1 Å². The monoisotopic (exact) mass is 470 g/mol. The van der Waals surface area contributed by atoms with Gasteiger partial charge in [-0.05, 0) is 22.1 Å². The van der Waals surface area contributed by atoms with Crippen molar-refractivity contribution in [1.29, 1.82) is 0 Å². The first-order valence-corrected chi connectivity index (χ1v) is 10.6. The molecule has 0 spiro atoms. The van der Waals surface area contributed by atoms with Gasteiger partial charge in [-0.15, -0.1) is 11.3 Å². The summed E-state index contributed by atoms with van der Waals surface area (Å²) in [4.78, 5) is 20.9. The standard InChI is InChI=1S/C21H13ClFN5O3S/c22-14-6-5-13(8-15(14)23)28-18(20(30)31-27-28)16-10-32-21(26-16)25-9-12-4-3-11-2-1-7-24-17(11)19(12)29/h1-8,10H,9H2,(H2-,25,26,27,29,30)/p+1. The Hall–Kier alpha value is -3.76. The number of aromatic nitrogens is 4. The molecule has 0 aliphatic heterocycles. The third kappa shape index (κ3) is 3.59. The zero-order valence-corrected chi connectivity index (χ0v) is 17.7. The number of aromatic hydroxyl groups is 1.